The molecular weight excluding hydrogens is 340 g/mol. The molecule has 7 heteroatoms. The van der Waals surface area contributed by atoms with E-state index in [1.807, 2.05) is 6.92 Å². The summed E-state index contributed by atoms with van der Waals surface area (Å²) in [7, 11) is -3.26. The van der Waals surface area contributed by atoms with E-state index in [-0.39, 0.29) is 16.7 Å². The number of hydrogen-bond acceptors (Lipinski definition) is 4. The topological polar surface area (TPSA) is 83.6 Å². The van der Waals surface area contributed by atoms with Gasteiger partial charge in [0.25, 0.3) is 0 Å². The molecule has 3 rings (SSSR count). The zero-order valence-corrected chi connectivity index (χ0v) is 15.4. The number of nitrogens with zero attached hydrogens (tertiary/aromatic N) is 1. The monoisotopic (exact) mass is 364 g/mol. The van der Waals surface area contributed by atoms with Crippen LogP contribution in [0.4, 0.5) is 0 Å². The van der Waals surface area contributed by atoms with Crippen molar-refractivity contribution >= 4 is 21.7 Å². The van der Waals surface area contributed by atoms with Crippen molar-refractivity contribution in [3.63, 3.8) is 0 Å². The van der Waals surface area contributed by atoms with Crippen molar-refractivity contribution in [3.8, 4) is 0 Å². The van der Waals surface area contributed by atoms with E-state index in [0.717, 1.165) is 24.8 Å². The van der Waals surface area contributed by atoms with Crippen LogP contribution in [0.25, 0.3) is 0 Å². The van der Waals surface area contributed by atoms with Gasteiger partial charge in [0.2, 0.25) is 11.8 Å². The average molecular weight is 364 g/mol. The number of benzene rings is 1. The lowest BCUT2D eigenvalue weighted by atomic mass is 9.63. The Hall–Kier alpha value is -1.89. The predicted molar refractivity (Wildman–Crippen MR) is 93.9 cm³/mol. The van der Waals surface area contributed by atoms with Crippen molar-refractivity contribution in [3.05, 3.63) is 29.8 Å². The third-order valence-electron chi connectivity index (χ3n) is 5.43. The second kappa shape index (κ2) is 6.44. The van der Waals surface area contributed by atoms with E-state index in [2.05, 4.69) is 5.32 Å². The van der Waals surface area contributed by atoms with Crippen LogP contribution in [-0.4, -0.2) is 50.5 Å². The van der Waals surface area contributed by atoms with Crippen molar-refractivity contribution in [1.82, 2.24) is 10.2 Å². The highest BCUT2D eigenvalue weighted by Crippen LogP contribution is 2.46. The number of nitrogens with one attached hydrogen (secondary N) is 1. The second-order valence-electron chi connectivity index (χ2n) is 6.95. The standard InChI is InChI=1S/C18H24N2O4S/c1-3-15-16(21)19-11-12-20(15)17(22)18(9-4-10-18)13-5-7-14(8-6-13)25(2,23)24/h5-8,15H,3-4,9-12H2,1-2H3,(H,19,21). The molecule has 1 aliphatic heterocycles. The number of carbonyl (C=O) groups excluding carboxylic acids is 2. The minimum atomic E-state index is -3.26. The summed E-state index contributed by atoms with van der Waals surface area (Å²) in [6, 6.07) is 6.21. The smallest absolute Gasteiger partial charge is 0.242 e. The quantitative estimate of drug-likeness (QED) is 0.871. The summed E-state index contributed by atoms with van der Waals surface area (Å²) in [5.41, 5.74) is 0.220. The van der Waals surface area contributed by atoms with Crippen LogP contribution in [0.2, 0.25) is 0 Å². The lowest BCUT2D eigenvalue weighted by Crippen LogP contribution is -2.62. The highest BCUT2D eigenvalue weighted by molar-refractivity contribution is 7.90. The number of hydrogen-bond donors (Lipinski definition) is 1. The van der Waals surface area contributed by atoms with E-state index < -0.39 is 21.3 Å². The summed E-state index contributed by atoms with van der Waals surface area (Å²) in [5.74, 6) is -0.100. The Morgan fingerprint density at radius 1 is 1.28 bits per heavy atom. The van der Waals surface area contributed by atoms with Gasteiger partial charge >= 0.3 is 0 Å². The third-order valence-corrected chi connectivity index (χ3v) is 6.56. The van der Waals surface area contributed by atoms with Gasteiger partial charge in [-0.15, -0.1) is 0 Å². The van der Waals surface area contributed by atoms with Crippen LogP contribution < -0.4 is 5.32 Å². The van der Waals surface area contributed by atoms with Gasteiger partial charge in [-0.25, -0.2) is 8.42 Å². The molecule has 1 aromatic rings. The molecule has 1 saturated heterocycles. The summed E-state index contributed by atoms with van der Waals surface area (Å²) < 4.78 is 23.3. The van der Waals surface area contributed by atoms with E-state index in [0.29, 0.717) is 19.5 Å². The van der Waals surface area contributed by atoms with E-state index >= 15 is 0 Å². The molecule has 0 spiro atoms. The Morgan fingerprint density at radius 2 is 1.92 bits per heavy atom. The SMILES string of the molecule is CCC1C(=O)NCCN1C(=O)C1(c2ccc(S(C)(=O)=O)cc2)CCC1. The highest BCUT2D eigenvalue weighted by Gasteiger charge is 2.49. The fraction of sp³-hybridized carbons (Fsp3) is 0.556. The molecule has 1 atom stereocenters. The first kappa shape index (κ1) is 17.9. The van der Waals surface area contributed by atoms with Gasteiger partial charge in [0.15, 0.2) is 9.84 Å². The molecule has 1 heterocycles. The molecule has 1 aromatic carbocycles. The minimum absolute atomic E-state index is 0.00689. The van der Waals surface area contributed by atoms with Gasteiger partial charge < -0.3 is 10.2 Å². The number of rotatable bonds is 4. The molecule has 1 saturated carbocycles. The molecule has 0 radical (unpaired) electrons. The van der Waals surface area contributed by atoms with Crippen molar-refractivity contribution in [2.45, 2.75) is 49.0 Å². The fourth-order valence-electron chi connectivity index (χ4n) is 3.82. The van der Waals surface area contributed by atoms with Gasteiger partial charge in [-0.3, -0.25) is 9.59 Å². The third kappa shape index (κ3) is 3.05. The summed E-state index contributed by atoms with van der Waals surface area (Å²) in [6.07, 6.45) is 4.18. The molecule has 136 valence electrons. The normalized spacial score (nSPS) is 22.9. The van der Waals surface area contributed by atoms with E-state index in [1.54, 1.807) is 29.2 Å². The van der Waals surface area contributed by atoms with E-state index in [4.69, 9.17) is 0 Å². The molecule has 1 unspecified atom stereocenters. The van der Waals surface area contributed by atoms with Crippen LogP contribution in [0.3, 0.4) is 0 Å². The molecule has 0 aromatic heterocycles. The molecular formula is C18H24N2O4S. The first-order chi connectivity index (χ1) is 11.8. The maximum Gasteiger partial charge on any atom is 0.242 e. The van der Waals surface area contributed by atoms with Crippen LogP contribution in [-0.2, 0) is 24.8 Å². The van der Waals surface area contributed by atoms with Gasteiger partial charge in [-0.2, -0.15) is 0 Å². The van der Waals surface area contributed by atoms with Crippen LogP contribution >= 0.6 is 0 Å². The Kier molecular flexibility index (Phi) is 4.62. The second-order valence-corrected chi connectivity index (χ2v) is 8.96. The number of amides is 2. The summed E-state index contributed by atoms with van der Waals surface area (Å²) in [6.45, 7) is 2.90. The molecule has 6 nitrogen and oxygen atoms in total. The molecule has 2 fully saturated rings. The number of sulfone groups is 1. The summed E-state index contributed by atoms with van der Waals surface area (Å²) in [4.78, 5) is 27.4. The molecule has 0 bridgehead atoms. The Bertz CT molecular complexity index is 782. The van der Waals surface area contributed by atoms with E-state index in [9.17, 15) is 18.0 Å². The highest BCUT2D eigenvalue weighted by atomic mass is 32.2. The number of piperazine rings is 1. The van der Waals surface area contributed by atoms with Crippen molar-refractivity contribution in [2.24, 2.45) is 0 Å². The zero-order chi connectivity index (χ0) is 18.2. The van der Waals surface area contributed by atoms with Gasteiger partial charge in [0, 0.05) is 19.3 Å². The van der Waals surface area contributed by atoms with Crippen LogP contribution in [0.5, 0.6) is 0 Å². The predicted octanol–water partition coefficient (Wildman–Crippen LogP) is 1.25. The Labute approximate surface area is 148 Å². The first-order valence-corrected chi connectivity index (χ1v) is 10.6. The van der Waals surface area contributed by atoms with Gasteiger partial charge in [-0.05, 0) is 37.0 Å². The molecule has 2 aliphatic rings. The van der Waals surface area contributed by atoms with Gasteiger partial charge in [-0.1, -0.05) is 25.5 Å². The Balaban J connectivity index is 1.92. The first-order valence-electron chi connectivity index (χ1n) is 8.69. The molecule has 1 aliphatic carbocycles. The van der Waals surface area contributed by atoms with Crippen LogP contribution in [0, 0.1) is 0 Å². The lowest BCUT2D eigenvalue weighted by molar-refractivity contribution is -0.150. The summed E-state index contributed by atoms with van der Waals surface area (Å²) >= 11 is 0. The summed E-state index contributed by atoms with van der Waals surface area (Å²) in [5, 5.41) is 2.82. The van der Waals surface area contributed by atoms with Crippen LogP contribution in [0.15, 0.2) is 29.2 Å². The molecule has 2 amide bonds. The van der Waals surface area contributed by atoms with Crippen LogP contribution in [0.1, 0.15) is 38.2 Å². The van der Waals surface area contributed by atoms with E-state index in [1.165, 1.54) is 6.26 Å². The van der Waals surface area contributed by atoms with Gasteiger partial charge in [0.05, 0.1) is 10.3 Å². The minimum Gasteiger partial charge on any atom is -0.353 e. The van der Waals surface area contributed by atoms with Crippen molar-refractivity contribution < 1.29 is 18.0 Å². The fourth-order valence-corrected chi connectivity index (χ4v) is 4.45. The van der Waals surface area contributed by atoms with Crippen molar-refractivity contribution in [1.29, 1.82) is 0 Å². The lowest BCUT2D eigenvalue weighted by Gasteiger charge is -2.46. The van der Waals surface area contributed by atoms with Gasteiger partial charge in [0.1, 0.15) is 6.04 Å². The average Bonchev–Trinajstić information content (AvgIpc) is 2.53. The molecule has 1 N–H and O–H groups in total. The zero-order valence-electron chi connectivity index (χ0n) is 14.6. The largest absolute Gasteiger partial charge is 0.353 e. The Morgan fingerprint density at radius 3 is 2.40 bits per heavy atom. The maximum absolute atomic E-state index is 13.3. The molecule has 25 heavy (non-hydrogen) atoms. The van der Waals surface area contributed by atoms with Crippen molar-refractivity contribution in [2.75, 3.05) is 19.3 Å². The maximum atomic E-state index is 13.3. The number of carbonyl (C=O) groups is 2.